The summed E-state index contributed by atoms with van der Waals surface area (Å²) in [7, 11) is 0. The van der Waals surface area contributed by atoms with Gasteiger partial charge in [0.05, 0.1) is 22.3 Å². The van der Waals surface area contributed by atoms with Crippen molar-refractivity contribution in [3.8, 4) is 0 Å². The van der Waals surface area contributed by atoms with Gasteiger partial charge < -0.3 is 9.52 Å². The highest BCUT2D eigenvalue weighted by Gasteiger charge is 2.13. The van der Waals surface area contributed by atoms with Gasteiger partial charge in [0.15, 0.2) is 0 Å². The Kier molecular flexibility index (Phi) is 3.46. The second-order valence-electron chi connectivity index (χ2n) is 3.27. The molecule has 1 atom stereocenters. The van der Waals surface area contributed by atoms with Gasteiger partial charge in [-0.25, -0.2) is 0 Å². The zero-order valence-corrected chi connectivity index (χ0v) is 9.59. The summed E-state index contributed by atoms with van der Waals surface area (Å²) in [6.07, 6.45) is 2.50. The predicted molar refractivity (Wildman–Crippen MR) is 61.3 cm³/mol. The fourth-order valence-corrected chi connectivity index (χ4v) is 2.61. The van der Waals surface area contributed by atoms with E-state index in [4.69, 9.17) is 16.0 Å². The zero-order chi connectivity index (χ0) is 10.7. The number of aliphatic hydroxyl groups excluding tert-OH is 1. The summed E-state index contributed by atoms with van der Waals surface area (Å²) in [5, 5.41) is 12.4. The van der Waals surface area contributed by atoms with Crippen LogP contribution in [0.2, 0.25) is 5.02 Å². The van der Waals surface area contributed by atoms with E-state index in [2.05, 4.69) is 0 Å². The van der Waals surface area contributed by atoms with Crippen LogP contribution in [0.15, 0.2) is 34.3 Å². The molecule has 0 amide bonds. The summed E-state index contributed by atoms with van der Waals surface area (Å²) in [5.74, 6) is 0.890. The van der Waals surface area contributed by atoms with E-state index < -0.39 is 6.10 Å². The molecule has 2 aromatic heterocycles. The van der Waals surface area contributed by atoms with E-state index in [1.54, 1.807) is 12.3 Å². The van der Waals surface area contributed by atoms with Crippen molar-refractivity contribution in [3.63, 3.8) is 0 Å². The Balaban J connectivity index is 1.93. The topological polar surface area (TPSA) is 33.4 Å². The Hall–Kier alpha value is -0.770. The molecule has 2 heterocycles. The fourth-order valence-electron chi connectivity index (χ4n) is 1.41. The number of hydrogen-bond acceptors (Lipinski definition) is 3. The molecule has 0 saturated carbocycles. The van der Waals surface area contributed by atoms with Gasteiger partial charge in [0, 0.05) is 6.42 Å². The van der Waals surface area contributed by atoms with Gasteiger partial charge in [-0.15, -0.1) is 11.3 Å². The second-order valence-corrected chi connectivity index (χ2v) is 4.62. The quantitative estimate of drug-likeness (QED) is 0.888. The van der Waals surface area contributed by atoms with E-state index in [0.717, 1.165) is 17.1 Å². The maximum atomic E-state index is 9.87. The molecule has 0 aromatic carbocycles. The Morgan fingerprint density at radius 1 is 1.47 bits per heavy atom. The minimum Gasteiger partial charge on any atom is -0.469 e. The first kappa shape index (κ1) is 10.7. The van der Waals surface area contributed by atoms with Crippen molar-refractivity contribution in [3.05, 3.63) is 45.5 Å². The maximum Gasteiger partial charge on any atom is 0.103 e. The summed E-state index contributed by atoms with van der Waals surface area (Å²) in [5.41, 5.74) is 0. The molecule has 2 aromatic rings. The Morgan fingerprint density at radius 3 is 2.93 bits per heavy atom. The predicted octanol–water partition coefficient (Wildman–Crippen LogP) is 3.66. The minimum atomic E-state index is -0.498. The monoisotopic (exact) mass is 242 g/mol. The van der Waals surface area contributed by atoms with Gasteiger partial charge in [-0.2, -0.15) is 0 Å². The number of thiophene rings is 1. The van der Waals surface area contributed by atoms with Crippen LogP contribution in [0.25, 0.3) is 0 Å². The lowest BCUT2D eigenvalue weighted by Crippen LogP contribution is -1.97. The van der Waals surface area contributed by atoms with Crippen LogP contribution in [0.4, 0.5) is 0 Å². The van der Waals surface area contributed by atoms with Crippen molar-refractivity contribution >= 4 is 22.9 Å². The van der Waals surface area contributed by atoms with Crippen LogP contribution in [0.1, 0.15) is 23.2 Å². The zero-order valence-electron chi connectivity index (χ0n) is 8.02. The number of halogens is 1. The van der Waals surface area contributed by atoms with Crippen LogP contribution < -0.4 is 0 Å². The molecule has 4 heteroatoms. The number of aliphatic hydroxyl groups is 1. The lowest BCUT2D eigenvalue weighted by atomic mass is 10.1. The standard InChI is InChI=1S/C11H11ClO2S/c12-9-5-7-15-11(9)10(13)4-3-8-2-1-6-14-8/h1-2,5-7,10,13H,3-4H2. The third kappa shape index (κ3) is 2.62. The van der Waals surface area contributed by atoms with Crippen molar-refractivity contribution in [1.82, 2.24) is 0 Å². The van der Waals surface area contributed by atoms with Crippen LogP contribution in [0.3, 0.4) is 0 Å². The van der Waals surface area contributed by atoms with Gasteiger partial charge in [-0.3, -0.25) is 0 Å². The van der Waals surface area contributed by atoms with Crippen LogP contribution in [0.5, 0.6) is 0 Å². The van der Waals surface area contributed by atoms with E-state index in [-0.39, 0.29) is 0 Å². The molecule has 0 aliphatic rings. The van der Waals surface area contributed by atoms with Crippen molar-refractivity contribution in [1.29, 1.82) is 0 Å². The third-order valence-electron chi connectivity index (χ3n) is 2.19. The van der Waals surface area contributed by atoms with Crippen molar-refractivity contribution in [2.45, 2.75) is 18.9 Å². The van der Waals surface area contributed by atoms with Crippen molar-refractivity contribution in [2.24, 2.45) is 0 Å². The summed E-state index contributed by atoms with van der Waals surface area (Å²) < 4.78 is 5.19. The first-order valence-electron chi connectivity index (χ1n) is 4.70. The molecule has 1 N–H and O–H groups in total. The smallest absolute Gasteiger partial charge is 0.103 e. The molecular weight excluding hydrogens is 232 g/mol. The first-order valence-corrected chi connectivity index (χ1v) is 5.96. The lowest BCUT2D eigenvalue weighted by molar-refractivity contribution is 0.169. The second kappa shape index (κ2) is 4.84. The average Bonchev–Trinajstić information content (AvgIpc) is 2.84. The summed E-state index contributed by atoms with van der Waals surface area (Å²) in [6, 6.07) is 5.56. The van der Waals surface area contributed by atoms with Gasteiger partial charge in [0.25, 0.3) is 0 Å². The third-order valence-corrected chi connectivity index (χ3v) is 3.65. The van der Waals surface area contributed by atoms with Crippen LogP contribution in [-0.4, -0.2) is 5.11 Å². The highest BCUT2D eigenvalue weighted by molar-refractivity contribution is 7.10. The van der Waals surface area contributed by atoms with E-state index >= 15 is 0 Å². The van der Waals surface area contributed by atoms with Gasteiger partial charge >= 0.3 is 0 Å². The molecule has 2 rings (SSSR count). The molecule has 1 unspecified atom stereocenters. The van der Waals surface area contributed by atoms with Crippen LogP contribution >= 0.6 is 22.9 Å². The Labute approximate surface area is 97.1 Å². The molecule has 0 spiro atoms. The van der Waals surface area contributed by atoms with Crippen LogP contribution in [0, 0.1) is 0 Å². The van der Waals surface area contributed by atoms with Crippen LogP contribution in [-0.2, 0) is 6.42 Å². The van der Waals surface area contributed by atoms with E-state index in [0.29, 0.717) is 11.4 Å². The normalized spacial score (nSPS) is 12.9. The lowest BCUT2D eigenvalue weighted by Gasteiger charge is -2.07. The molecule has 2 nitrogen and oxygen atoms in total. The highest BCUT2D eigenvalue weighted by atomic mass is 35.5. The van der Waals surface area contributed by atoms with E-state index in [9.17, 15) is 5.11 Å². The molecular formula is C11H11ClO2S. The molecule has 0 aliphatic carbocycles. The number of hydrogen-bond donors (Lipinski definition) is 1. The van der Waals surface area contributed by atoms with Crippen molar-refractivity contribution in [2.75, 3.05) is 0 Å². The SMILES string of the molecule is OC(CCc1ccco1)c1sccc1Cl. The van der Waals surface area contributed by atoms with Gasteiger partial charge in [-0.05, 0) is 30.0 Å². The maximum absolute atomic E-state index is 9.87. The van der Waals surface area contributed by atoms with E-state index in [1.807, 2.05) is 17.5 Å². The minimum absolute atomic E-state index is 0.498. The summed E-state index contributed by atoms with van der Waals surface area (Å²) >= 11 is 7.40. The first-order chi connectivity index (χ1) is 7.27. The number of rotatable bonds is 4. The molecule has 15 heavy (non-hydrogen) atoms. The molecule has 0 radical (unpaired) electrons. The molecule has 80 valence electrons. The highest BCUT2D eigenvalue weighted by Crippen LogP contribution is 2.31. The Bertz CT molecular complexity index is 408. The van der Waals surface area contributed by atoms with Crippen molar-refractivity contribution < 1.29 is 9.52 Å². The van der Waals surface area contributed by atoms with Gasteiger partial charge in [-0.1, -0.05) is 11.6 Å². The number of aryl methyl sites for hydroxylation is 1. The van der Waals surface area contributed by atoms with Gasteiger partial charge in [0.1, 0.15) is 5.76 Å². The van der Waals surface area contributed by atoms with Gasteiger partial charge in [0.2, 0.25) is 0 Å². The largest absolute Gasteiger partial charge is 0.469 e. The Morgan fingerprint density at radius 2 is 2.33 bits per heavy atom. The van der Waals surface area contributed by atoms with E-state index in [1.165, 1.54) is 11.3 Å². The summed E-state index contributed by atoms with van der Waals surface area (Å²) in [4.78, 5) is 0.836. The molecule has 0 bridgehead atoms. The molecule has 0 aliphatic heterocycles. The number of furan rings is 1. The summed E-state index contributed by atoms with van der Waals surface area (Å²) in [6.45, 7) is 0. The fraction of sp³-hybridized carbons (Fsp3) is 0.273. The molecule has 0 saturated heterocycles. The average molecular weight is 243 g/mol. The molecule has 0 fully saturated rings.